The van der Waals surface area contributed by atoms with E-state index in [0.29, 0.717) is 17.4 Å². The van der Waals surface area contributed by atoms with Gasteiger partial charge < -0.3 is 10.6 Å². The third kappa shape index (κ3) is 4.77. The second kappa shape index (κ2) is 8.22. The second-order valence-electron chi connectivity index (χ2n) is 5.75. The van der Waals surface area contributed by atoms with Crippen LogP contribution in [0.3, 0.4) is 0 Å². The maximum atomic E-state index is 12.4. The molecule has 0 radical (unpaired) electrons. The fourth-order valence-electron chi connectivity index (χ4n) is 2.80. The first-order chi connectivity index (χ1) is 10.6. The lowest BCUT2D eigenvalue weighted by atomic mass is 9.94. The molecule has 0 saturated heterocycles. The van der Waals surface area contributed by atoms with Gasteiger partial charge in [0.15, 0.2) is 0 Å². The first-order valence-electron chi connectivity index (χ1n) is 7.77. The Labute approximate surface area is 136 Å². The molecule has 1 fully saturated rings. The molecule has 1 saturated carbocycles. The van der Waals surface area contributed by atoms with Crippen molar-refractivity contribution in [2.75, 3.05) is 6.26 Å². The standard InChI is InChI=1S/C17H24N2O2S/c1-12(20)18-11-13-7-9-14(10-8-13)17(21)19-15-5-3-4-6-16(15)22-2/h7-10,15-16H,3-6,11H2,1-2H3,(H,18,20)(H,19,21)/t15-,16+/m0/s1. The Morgan fingerprint density at radius 1 is 1.18 bits per heavy atom. The van der Waals surface area contributed by atoms with Crippen molar-refractivity contribution in [3.8, 4) is 0 Å². The monoisotopic (exact) mass is 320 g/mol. The Balaban J connectivity index is 1.93. The zero-order valence-electron chi connectivity index (χ0n) is 13.2. The van der Waals surface area contributed by atoms with Crippen LogP contribution >= 0.6 is 11.8 Å². The predicted octanol–water partition coefficient (Wildman–Crippen LogP) is 2.73. The van der Waals surface area contributed by atoms with E-state index < -0.39 is 0 Å². The van der Waals surface area contributed by atoms with Gasteiger partial charge in [-0.2, -0.15) is 11.8 Å². The molecule has 1 aliphatic rings. The van der Waals surface area contributed by atoms with Gasteiger partial charge in [-0.3, -0.25) is 9.59 Å². The molecule has 0 unspecified atom stereocenters. The van der Waals surface area contributed by atoms with Crippen LogP contribution in [-0.4, -0.2) is 29.4 Å². The largest absolute Gasteiger partial charge is 0.352 e. The van der Waals surface area contributed by atoms with E-state index in [1.54, 1.807) is 0 Å². The molecule has 120 valence electrons. The molecule has 2 atom stereocenters. The highest BCUT2D eigenvalue weighted by atomic mass is 32.2. The van der Waals surface area contributed by atoms with Crippen molar-refractivity contribution in [2.24, 2.45) is 0 Å². The quantitative estimate of drug-likeness (QED) is 0.877. The lowest BCUT2D eigenvalue weighted by Gasteiger charge is -2.30. The van der Waals surface area contributed by atoms with Crippen molar-refractivity contribution < 1.29 is 9.59 Å². The third-order valence-electron chi connectivity index (χ3n) is 4.08. The summed E-state index contributed by atoms with van der Waals surface area (Å²) in [4.78, 5) is 23.3. The third-order valence-corrected chi connectivity index (χ3v) is 5.25. The van der Waals surface area contributed by atoms with Gasteiger partial charge in [-0.15, -0.1) is 0 Å². The molecule has 1 aromatic carbocycles. The molecular weight excluding hydrogens is 296 g/mol. The summed E-state index contributed by atoms with van der Waals surface area (Å²) in [7, 11) is 0. The fraction of sp³-hybridized carbons (Fsp3) is 0.529. The maximum Gasteiger partial charge on any atom is 0.251 e. The summed E-state index contributed by atoms with van der Waals surface area (Å²) in [5, 5.41) is 6.45. The summed E-state index contributed by atoms with van der Waals surface area (Å²) in [6.07, 6.45) is 6.82. The zero-order chi connectivity index (χ0) is 15.9. The van der Waals surface area contributed by atoms with E-state index in [2.05, 4.69) is 16.9 Å². The summed E-state index contributed by atoms with van der Waals surface area (Å²) in [5.74, 6) is -0.0562. The minimum Gasteiger partial charge on any atom is -0.352 e. The summed E-state index contributed by atoms with van der Waals surface area (Å²) < 4.78 is 0. The molecule has 1 aromatic rings. The average molecular weight is 320 g/mol. The van der Waals surface area contributed by atoms with Crippen molar-refractivity contribution in [3.05, 3.63) is 35.4 Å². The first kappa shape index (κ1) is 16.9. The van der Waals surface area contributed by atoms with Crippen LogP contribution in [0.5, 0.6) is 0 Å². The minimum absolute atomic E-state index is 0.00275. The molecule has 4 nitrogen and oxygen atoms in total. The van der Waals surface area contributed by atoms with Crippen LogP contribution in [0, 0.1) is 0 Å². The molecule has 2 N–H and O–H groups in total. The molecule has 0 aliphatic heterocycles. The molecule has 2 amide bonds. The number of nitrogens with one attached hydrogen (secondary N) is 2. The molecule has 2 rings (SSSR count). The normalized spacial score (nSPS) is 21.2. The Bertz CT molecular complexity index is 516. The number of rotatable bonds is 5. The minimum atomic E-state index is -0.0535. The van der Waals surface area contributed by atoms with Crippen molar-refractivity contribution in [2.45, 2.75) is 50.4 Å². The Morgan fingerprint density at radius 2 is 1.86 bits per heavy atom. The smallest absolute Gasteiger partial charge is 0.251 e. The van der Waals surface area contributed by atoms with E-state index in [0.717, 1.165) is 12.0 Å². The Morgan fingerprint density at radius 3 is 2.50 bits per heavy atom. The lowest BCUT2D eigenvalue weighted by molar-refractivity contribution is -0.119. The van der Waals surface area contributed by atoms with Crippen LogP contribution in [0.15, 0.2) is 24.3 Å². The van der Waals surface area contributed by atoms with Crippen molar-refractivity contribution in [1.82, 2.24) is 10.6 Å². The highest BCUT2D eigenvalue weighted by Crippen LogP contribution is 2.27. The predicted molar refractivity (Wildman–Crippen MR) is 91.0 cm³/mol. The molecular formula is C17H24N2O2S. The van der Waals surface area contributed by atoms with Gasteiger partial charge in [0.1, 0.15) is 0 Å². The molecule has 0 heterocycles. The van der Waals surface area contributed by atoms with Gasteiger partial charge >= 0.3 is 0 Å². The number of hydrogen-bond donors (Lipinski definition) is 2. The Kier molecular flexibility index (Phi) is 6.31. The van der Waals surface area contributed by atoms with E-state index >= 15 is 0 Å². The summed E-state index contributed by atoms with van der Waals surface area (Å²) >= 11 is 1.85. The van der Waals surface area contributed by atoms with Gasteiger partial charge in [-0.05, 0) is 36.8 Å². The summed E-state index contributed by atoms with van der Waals surface area (Å²) in [6, 6.07) is 7.69. The van der Waals surface area contributed by atoms with Gasteiger partial charge in [-0.25, -0.2) is 0 Å². The maximum absolute atomic E-state index is 12.4. The van der Waals surface area contributed by atoms with Gasteiger partial charge in [0, 0.05) is 30.3 Å². The topological polar surface area (TPSA) is 58.2 Å². The van der Waals surface area contributed by atoms with E-state index in [9.17, 15) is 9.59 Å². The van der Waals surface area contributed by atoms with E-state index in [-0.39, 0.29) is 17.9 Å². The highest BCUT2D eigenvalue weighted by Gasteiger charge is 2.25. The van der Waals surface area contributed by atoms with Crippen LogP contribution in [0.2, 0.25) is 0 Å². The lowest BCUT2D eigenvalue weighted by Crippen LogP contribution is -2.43. The number of carbonyl (C=O) groups is 2. The van der Waals surface area contributed by atoms with Gasteiger partial charge in [-0.1, -0.05) is 25.0 Å². The molecule has 22 heavy (non-hydrogen) atoms. The van der Waals surface area contributed by atoms with Crippen LogP contribution in [0.4, 0.5) is 0 Å². The summed E-state index contributed by atoms with van der Waals surface area (Å²) in [5.41, 5.74) is 1.67. The van der Waals surface area contributed by atoms with Gasteiger partial charge in [0.05, 0.1) is 0 Å². The SMILES string of the molecule is CS[C@@H]1CCCC[C@@H]1NC(=O)c1ccc(CNC(C)=O)cc1. The van der Waals surface area contributed by atoms with Crippen LogP contribution in [0.25, 0.3) is 0 Å². The first-order valence-corrected chi connectivity index (χ1v) is 9.06. The number of hydrogen-bond acceptors (Lipinski definition) is 3. The highest BCUT2D eigenvalue weighted by molar-refractivity contribution is 7.99. The van der Waals surface area contributed by atoms with Crippen molar-refractivity contribution in [3.63, 3.8) is 0 Å². The number of carbonyl (C=O) groups excluding carboxylic acids is 2. The van der Waals surface area contributed by atoms with E-state index in [1.807, 2.05) is 36.0 Å². The molecule has 1 aliphatic carbocycles. The van der Waals surface area contributed by atoms with Crippen molar-refractivity contribution >= 4 is 23.6 Å². The van der Waals surface area contributed by atoms with Gasteiger partial charge in [0.2, 0.25) is 5.91 Å². The molecule has 0 aromatic heterocycles. The molecule has 0 bridgehead atoms. The number of benzene rings is 1. The zero-order valence-corrected chi connectivity index (χ0v) is 14.0. The summed E-state index contributed by atoms with van der Waals surface area (Å²) in [6.45, 7) is 1.99. The van der Waals surface area contributed by atoms with Crippen molar-refractivity contribution in [1.29, 1.82) is 0 Å². The van der Waals surface area contributed by atoms with Gasteiger partial charge in [0.25, 0.3) is 5.91 Å². The second-order valence-corrected chi connectivity index (χ2v) is 6.82. The number of thioether (sulfide) groups is 1. The van der Waals surface area contributed by atoms with E-state index in [4.69, 9.17) is 0 Å². The number of amides is 2. The van der Waals surface area contributed by atoms with E-state index in [1.165, 1.54) is 26.2 Å². The van der Waals surface area contributed by atoms with Crippen LogP contribution < -0.4 is 10.6 Å². The molecule has 0 spiro atoms. The molecule has 5 heteroatoms. The van der Waals surface area contributed by atoms with Crippen LogP contribution in [0.1, 0.15) is 48.5 Å². The average Bonchev–Trinajstić information content (AvgIpc) is 2.54. The fourth-order valence-corrected chi connectivity index (χ4v) is 3.73. The Hall–Kier alpha value is -1.49. The van der Waals surface area contributed by atoms with Crippen LogP contribution in [-0.2, 0) is 11.3 Å².